The van der Waals surface area contributed by atoms with Gasteiger partial charge in [-0.05, 0) is 30.7 Å². The molecule has 0 bridgehead atoms. The smallest absolute Gasteiger partial charge is 0.246 e. The lowest BCUT2D eigenvalue weighted by atomic mass is 10.3. The molecule has 0 atom stereocenters. The van der Waals surface area contributed by atoms with Gasteiger partial charge in [-0.25, -0.2) is 0 Å². The molecule has 1 heterocycles. The quantitative estimate of drug-likeness (QED) is 0.615. The van der Waals surface area contributed by atoms with Crippen molar-refractivity contribution in [3.63, 3.8) is 0 Å². The Labute approximate surface area is 127 Å². The molecule has 0 aromatic heterocycles. The Morgan fingerprint density at radius 1 is 1.24 bits per heavy atom. The molecule has 1 fully saturated rings. The van der Waals surface area contributed by atoms with Gasteiger partial charge in [-0.2, -0.15) is 0 Å². The number of nitrogens with one attached hydrogen (secondary N) is 1. The molecule has 3 amide bonds. The number of anilines is 1. The fourth-order valence-corrected chi connectivity index (χ4v) is 2.69. The summed E-state index contributed by atoms with van der Waals surface area (Å²) >= 11 is 1.32. The van der Waals surface area contributed by atoms with Crippen LogP contribution >= 0.6 is 11.8 Å². The molecule has 3 N–H and O–H groups in total. The van der Waals surface area contributed by atoms with E-state index in [1.807, 2.05) is 12.1 Å². The summed E-state index contributed by atoms with van der Waals surface area (Å²) in [6.07, 6.45) is 1.25. The van der Waals surface area contributed by atoms with Crippen molar-refractivity contribution in [3.8, 4) is 0 Å². The number of rotatable bonds is 5. The minimum atomic E-state index is -0.437. The van der Waals surface area contributed by atoms with Gasteiger partial charge < -0.3 is 10.6 Å². The van der Waals surface area contributed by atoms with Crippen LogP contribution in [-0.2, 0) is 14.4 Å². The van der Waals surface area contributed by atoms with Gasteiger partial charge in [0.15, 0.2) is 0 Å². The SMILES string of the molecule is Nc1ccc(SCC(=O)NC(=O)CN2CCCC2=O)cc1. The monoisotopic (exact) mass is 307 g/mol. The van der Waals surface area contributed by atoms with E-state index in [4.69, 9.17) is 5.73 Å². The maximum absolute atomic E-state index is 11.7. The van der Waals surface area contributed by atoms with Crippen molar-refractivity contribution in [1.29, 1.82) is 0 Å². The van der Waals surface area contributed by atoms with Crippen LogP contribution in [0.1, 0.15) is 12.8 Å². The summed E-state index contributed by atoms with van der Waals surface area (Å²) in [5, 5.41) is 2.29. The summed E-state index contributed by atoms with van der Waals surface area (Å²) in [4.78, 5) is 37.1. The summed E-state index contributed by atoms with van der Waals surface area (Å²) in [5.41, 5.74) is 6.23. The molecule has 1 aliphatic rings. The molecule has 21 heavy (non-hydrogen) atoms. The van der Waals surface area contributed by atoms with E-state index in [9.17, 15) is 14.4 Å². The van der Waals surface area contributed by atoms with Crippen LogP contribution in [-0.4, -0.2) is 41.5 Å². The maximum Gasteiger partial charge on any atom is 0.246 e. The van der Waals surface area contributed by atoms with Gasteiger partial charge in [-0.3, -0.25) is 19.7 Å². The van der Waals surface area contributed by atoms with Crippen LogP contribution in [0.4, 0.5) is 5.69 Å². The summed E-state index contributed by atoms with van der Waals surface area (Å²) < 4.78 is 0. The van der Waals surface area contributed by atoms with Gasteiger partial charge in [0.2, 0.25) is 17.7 Å². The number of amides is 3. The van der Waals surface area contributed by atoms with E-state index >= 15 is 0 Å². The number of carbonyl (C=O) groups excluding carboxylic acids is 3. The average Bonchev–Trinajstić information content (AvgIpc) is 2.83. The first kappa shape index (κ1) is 15.4. The first-order chi connectivity index (χ1) is 10.0. The van der Waals surface area contributed by atoms with E-state index in [-0.39, 0.29) is 24.1 Å². The van der Waals surface area contributed by atoms with Gasteiger partial charge in [-0.15, -0.1) is 11.8 Å². The number of benzene rings is 1. The highest BCUT2D eigenvalue weighted by molar-refractivity contribution is 8.00. The Bertz CT molecular complexity index is 545. The standard InChI is InChI=1S/C14H17N3O3S/c15-10-3-5-11(6-4-10)21-9-13(19)16-12(18)8-17-7-1-2-14(17)20/h3-6H,1-2,7-9,15H2,(H,16,18,19). The minimum absolute atomic E-state index is 0.0335. The predicted molar refractivity (Wildman–Crippen MR) is 80.5 cm³/mol. The fraction of sp³-hybridized carbons (Fsp3) is 0.357. The third kappa shape index (κ3) is 4.78. The van der Waals surface area contributed by atoms with Gasteiger partial charge in [0.1, 0.15) is 0 Å². The Balaban J connectivity index is 1.72. The first-order valence-corrected chi connectivity index (χ1v) is 7.62. The molecular formula is C14H17N3O3S. The number of hydrogen-bond acceptors (Lipinski definition) is 5. The molecular weight excluding hydrogens is 290 g/mol. The van der Waals surface area contributed by atoms with Crippen LogP contribution in [0, 0.1) is 0 Å². The normalized spacial score (nSPS) is 14.3. The van der Waals surface area contributed by atoms with Crippen LogP contribution in [0.5, 0.6) is 0 Å². The summed E-state index contributed by atoms with van der Waals surface area (Å²) in [6, 6.07) is 7.14. The molecule has 2 rings (SSSR count). The van der Waals surface area contributed by atoms with Crippen molar-refractivity contribution in [3.05, 3.63) is 24.3 Å². The third-order valence-corrected chi connectivity index (χ3v) is 4.05. The van der Waals surface area contributed by atoms with Crippen LogP contribution in [0.25, 0.3) is 0 Å². The molecule has 7 heteroatoms. The second-order valence-electron chi connectivity index (χ2n) is 4.75. The lowest BCUT2D eigenvalue weighted by molar-refractivity contribution is -0.135. The van der Waals surface area contributed by atoms with E-state index in [0.717, 1.165) is 11.3 Å². The Kier molecular flexibility index (Phi) is 5.21. The second kappa shape index (κ2) is 7.12. The van der Waals surface area contributed by atoms with Crippen molar-refractivity contribution in [2.24, 2.45) is 0 Å². The van der Waals surface area contributed by atoms with Gasteiger partial charge in [0.25, 0.3) is 0 Å². The largest absolute Gasteiger partial charge is 0.399 e. The van der Waals surface area contributed by atoms with E-state index in [0.29, 0.717) is 18.7 Å². The lowest BCUT2D eigenvalue weighted by Gasteiger charge is -2.14. The maximum atomic E-state index is 11.7. The van der Waals surface area contributed by atoms with Crippen LogP contribution in [0.3, 0.4) is 0 Å². The summed E-state index contributed by atoms with van der Waals surface area (Å²) in [6.45, 7) is 0.539. The predicted octanol–water partition coefficient (Wildman–Crippen LogP) is 0.626. The number of hydrogen-bond donors (Lipinski definition) is 2. The highest BCUT2D eigenvalue weighted by atomic mass is 32.2. The van der Waals surface area contributed by atoms with E-state index in [1.165, 1.54) is 16.7 Å². The molecule has 6 nitrogen and oxygen atoms in total. The fourth-order valence-electron chi connectivity index (χ4n) is 1.99. The van der Waals surface area contributed by atoms with Crippen molar-refractivity contribution in [2.45, 2.75) is 17.7 Å². The van der Waals surface area contributed by atoms with Crippen molar-refractivity contribution in [1.82, 2.24) is 10.2 Å². The number of imide groups is 1. The summed E-state index contributed by atoms with van der Waals surface area (Å²) in [7, 11) is 0. The Morgan fingerprint density at radius 3 is 2.57 bits per heavy atom. The molecule has 112 valence electrons. The van der Waals surface area contributed by atoms with Gasteiger partial charge in [0.05, 0.1) is 12.3 Å². The zero-order valence-corrected chi connectivity index (χ0v) is 12.3. The lowest BCUT2D eigenvalue weighted by Crippen LogP contribution is -2.41. The molecule has 0 saturated carbocycles. The number of nitrogens with zero attached hydrogens (tertiary/aromatic N) is 1. The molecule has 1 aromatic carbocycles. The number of nitrogens with two attached hydrogens (primary N) is 1. The van der Waals surface area contributed by atoms with Crippen molar-refractivity contribution >= 4 is 35.2 Å². The minimum Gasteiger partial charge on any atom is -0.399 e. The topological polar surface area (TPSA) is 92.5 Å². The third-order valence-electron chi connectivity index (χ3n) is 3.03. The Hall–Kier alpha value is -2.02. The molecule has 0 spiro atoms. The molecule has 1 aromatic rings. The van der Waals surface area contributed by atoms with Crippen LogP contribution < -0.4 is 11.1 Å². The zero-order chi connectivity index (χ0) is 15.2. The second-order valence-corrected chi connectivity index (χ2v) is 5.80. The highest BCUT2D eigenvalue weighted by Gasteiger charge is 2.22. The van der Waals surface area contributed by atoms with Crippen molar-refractivity contribution < 1.29 is 14.4 Å². The molecule has 0 aliphatic carbocycles. The van der Waals surface area contributed by atoms with Crippen LogP contribution in [0.2, 0.25) is 0 Å². The number of likely N-dealkylation sites (tertiary alicyclic amines) is 1. The van der Waals surface area contributed by atoms with Gasteiger partial charge in [-0.1, -0.05) is 0 Å². The number of nitrogen functional groups attached to an aromatic ring is 1. The zero-order valence-electron chi connectivity index (χ0n) is 11.5. The highest BCUT2D eigenvalue weighted by Crippen LogP contribution is 2.18. The van der Waals surface area contributed by atoms with E-state index in [2.05, 4.69) is 5.32 Å². The van der Waals surface area contributed by atoms with Crippen LogP contribution in [0.15, 0.2) is 29.2 Å². The van der Waals surface area contributed by atoms with E-state index < -0.39 is 5.91 Å². The molecule has 0 radical (unpaired) electrons. The van der Waals surface area contributed by atoms with E-state index in [1.54, 1.807) is 12.1 Å². The molecule has 1 saturated heterocycles. The number of carbonyl (C=O) groups is 3. The van der Waals surface area contributed by atoms with Gasteiger partial charge >= 0.3 is 0 Å². The van der Waals surface area contributed by atoms with Gasteiger partial charge in [0, 0.05) is 23.5 Å². The Morgan fingerprint density at radius 2 is 1.95 bits per heavy atom. The first-order valence-electron chi connectivity index (χ1n) is 6.63. The van der Waals surface area contributed by atoms with Crippen molar-refractivity contribution in [2.75, 3.05) is 24.6 Å². The molecule has 0 unspecified atom stereocenters. The summed E-state index contributed by atoms with van der Waals surface area (Å²) in [5.74, 6) is -0.695. The molecule has 1 aliphatic heterocycles. The average molecular weight is 307 g/mol. The number of thioether (sulfide) groups is 1.